The fraction of sp³-hybridized carbons (Fsp3) is 0.538. The van der Waals surface area contributed by atoms with Crippen molar-refractivity contribution in [3.63, 3.8) is 0 Å². The second kappa shape index (κ2) is 7.33. The van der Waals surface area contributed by atoms with Gasteiger partial charge in [0, 0.05) is 62.8 Å². The Morgan fingerprint density at radius 1 is 0.903 bits per heavy atom. The molecule has 6 rings (SSSR count). The van der Waals surface area contributed by atoms with E-state index in [9.17, 15) is 0 Å². The van der Waals surface area contributed by atoms with Crippen LogP contribution in [0, 0.1) is 5.92 Å². The average Bonchev–Trinajstić information content (AvgIpc) is 3.48. The molecule has 4 aliphatic rings. The number of likely N-dealkylation sites (tertiary alicyclic amines) is 1. The summed E-state index contributed by atoms with van der Waals surface area (Å²) in [7, 11) is 4.19. The van der Waals surface area contributed by atoms with Crippen LogP contribution in [0.1, 0.15) is 55.6 Å². The Hall–Kier alpha value is -2.40. The van der Waals surface area contributed by atoms with Gasteiger partial charge in [-0.2, -0.15) is 0 Å². The first-order valence-electron chi connectivity index (χ1n) is 11.8. The molecule has 3 heterocycles. The highest BCUT2D eigenvalue weighted by Crippen LogP contribution is 2.57. The molecule has 3 aliphatic heterocycles. The van der Waals surface area contributed by atoms with Gasteiger partial charge in [-0.25, -0.2) is 0 Å². The second-order valence-electron chi connectivity index (χ2n) is 9.70. The largest absolute Gasteiger partial charge is 0.472 e. The van der Waals surface area contributed by atoms with E-state index in [0.717, 1.165) is 36.8 Å². The van der Waals surface area contributed by atoms with Crippen LogP contribution in [0.15, 0.2) is 36.4 Å². The summed E-state index contributed by atoms with van der Waals surface area (Å²) in [6.45, 7) is 2.58. The summed E-state index contributed by atoms with van der Waals surface area (Å²) in [5, 5.41) is 0. The van der Waals surface area contributed by atoms with Gasteiger partial charge in [0.15, 0.2) is 17.2 Å². The fourth-order valence-corrected chi connectivity index (χ4v) is 6.33. The standard InChI is InChI=1S/C26H32N2O3/c1-27(2)19-10-8-18(9-11-19)25-20-15-23-24(30-17-29-23)16-22(20)31-26(28-13-5-6-14-28)12-4-3-7-21(25)26/h8-11,15-16,21,25H,3-7,12-14,17H2,1-2H3/t21-,25+,26-/m1/s1. The van der Waals surface area contributed by atoms with Gasteiger partial charge in [-0.15, -0.1) is 0 Å². The van der Waals surface area contributed by atoms with E-state index in [4.69, 9.17) is 14.2 Å². The number of fused-ring (bicyclic) bond motifs is 3. The quantitative estimate of drug-likeness (QED) is 0.699. The van der Waals surface area contributed by atoms with Gasteiger partial charge in [-0.05, 0) is 49.4 Å². The second-order valence-corrected chi connectivity index (χ2v) is 9.70. The summed E-state index contributed by atoms with van der Waals surface area (Å²) in [4.78, 5) is 4.82. The third kappa shape index (κ3) is 3.00. The predicted molar refractivity (Wildman–Crippen MR) is 121 cm³/mol. The first kappa shape index (κ1) is 19.3. The van der Waals surface area contributed by atoms with E-state index in [0.29, 0.717) is 18.6 Å². The van der Waals surface area contributed by atoms with E-state index in [-0.39, 0.29) is 5.72 Å². The third-order valence-corrected chi connectivity index (χ3v) is 7.82. The summed E-state index contributed by atoms with van der Waals surface area (Å²) in [5.74, 6) is 3.39. The number of ether oxygens (including phenoxy) is 3. The maximum Gasteiger partial charge on any atom is 0.231 e. The van der Waals surface area contributed by atoms with Crippen molar-refractivity contribution in [2.75, 3.05) is 38.9 Å². The van der Waals surface area contributed by atoms with E-state index in [1.54, 1.807) is 0 Å². The molecule has 0 unspecified atom stereocenters. The van der Waals surface area contributed by atoms with Gasteiger partial charge in [-0.1, -0.05) is 18.6 Å². The first-order valence-corrected chi connectivity index (χ1v) is 11.8. The number of hydrogen-bond donors (Lipinski definition) is 0. The molecule has 5 nitrogen and oxygen atoms in total. The van der Waals surface area contributed by atoms with Crippen LogP contribution in [0.4, 0.5) is 5.69 Å². The number of benzene rings is 2. The smallest absolute Gasteiger partial charge is 0.231 e. The van der Waals surface area contributed by atoms with Crippen molar-refractivity contribution in [2.45, 2.75) is 50.2 Å². The molecule has 5 heteroatoms. The molecule has 2 fully saturated rings. The Bertz CT molecular complexity index is 967. The van der Waals surface area contributed by atoms with Gasteiger partial charge in [0.25, 0.3) is 0 Å². The van der Waals surface area contributed by atoms with Crippen molar-refractivity contribution >= 4 is 5.69 Å². The molecule has 2 aromatic rings. The van der Waals surface area contributed by atoms with Gasteiger partial charge < -0.3 is 19.1 Å². The van der Waals surface area contributed by atoms with Crippen molar-refractivity contribution in [1.29, 1.82) is 0 Å². The molecule has 1 saturated heterocycles. The van der Waals surface area contributed by atoms with E-state index in [1.165, 1.54) is 48.9 Å². The first-order chi connectivity index (χ1) is 15.2. The van der Waals surface area contributed by atoms with Crippen LogP contribution in [0.25, 0.3) is 0 Å². The topological polar surface area (TPSA) is 34.2 Å². The van der Waals surface area contributed by atoms with Gasteiger partial charge in [0.05, 0.1) is 0 Å². The Labute approximate surface area is 184 Å². The van der Waals surface area contributed by atoms with Crippen LogP contribution in [0.3, 0.4) is 0 Å². The molecule has 2 aromatic carbocycles. The van der Waals surface area contributed by atoms with Gasteiger partial charge >= 0.3 is 0 Å². The maximum atomic E-state index is 7.03. The van der Waals surface area contributed by atoms with Crippen molar-refractivity contribution in [1.82, 2.24) is 4.90 Å². The van der Waals surface area contributed by atoms with Crippen LogP contribution < -0.4 is 19.1 Å². The summed E-state index contributed by atoms with van der Waals surface area (Å²) in [6, 6.07) is 13.4. The molecule has 0 radical (unpaired) electrons. The lowest BCUT2D eigenvalue weighted by molar-refractivity contribution is -0.154. The number of anilines is 1. The summed E-state index contributed by atoms with van der Waals surface area (Å²) in [5.41, 5.74) is 3.66. The third-order valence-electron chi connectivity index (χ3n) is 7.82. The highest BCUT2D eigenvalue weighted by Gasteiger charge is 2.55. The molecule has 3 atom stereocenters. The highest BCUT2D eigenvalue weighted by atomic mass is 16.7. The Morgan fingerprint density at radius 3 is 2.39 bits per heavy atom. The fourth-order valence-electron chi connectivity index (χ4n) is 6.33. The number of rotatable bonds is 3. The van der Waals surface area contributed by atoms with Crippen LogP contribution in [0.2, 0.25) is 0 Å². The number of hydrogen-bond acceptors (Lipinski definition) is 5. The van der Waals surface area contributed by atoms with Crippen molar-refractivity contribution < 1.29 is 14.2 Å². The molecule has 164 valence electrons. The molecule has 0 bridgehead atoms. The van der Waals surface area contributed by atoms with Crippen LogP contribution in [-0.2, 0) is 0 Å². The molecular weight excluding hydrogens is 388 g/mol. The summed E-state index contributed by atoms with van der Waals surface area (Å²) in [6.07, 6.45) is 7.36. The monoisotopic (exact) mass is 420 g/mol. The molecule has 31 heavy (non-hydrogen) atoms. The zero-order valence-electron chi connectivity index (χ0n) is 18.6. The Kier molecular flexibility index (Phi) is 4.57. The van der Waals surface area contributed by atoms with Crippen LogP contribution in [-0.4, -0.2) is 44.6 Å². The van der Waals surface area contributed by atoms with Crippen molar-refractivity contribution in [3.8, 4) is 17.2 Å². The van der Waals surface area contributed by atoms with Gasteiger partial charge in [-0.3, -0.25) is 4.90 Å². The molecule has 0 aromatic heterocycles. The molecule has 1 saturated carbocycles. The molecule has 0 spiro atoms. The zero-order chi connectivity index (χ0) is 21.0. The lowest BCUT2D eigenvalue weighted by Gasteiger charge is -2.55. The van der Waals surface area contributed by atoms with Crippen LogP contribution in [0.5, 0.6) is 17.2 Å². The molecule has 0 amide bonds. The lowest BCUT2D eigenvalue weighted by atomic mass is 9.66. The highest BCUT2D eigenvalue weighted by molar-refractivity contribution is 5.57. The van der Waals surface area contributed by atoms with E-state index in [2.05, 4.69) is 60.3 Å². The lowest BCUT2D eigenvalue weighted by Crippen LogP contribution is -2.61. The average molecular weight is 421 g/mol. The summed E-state index contributed by atoms with van der Waals surface area (Å²) < 4.78 is 18.5. The minimum atomic E-state index is -0.208. The zero-order valence-corrected chi connectivity index (χ0v) is 18.6. The minimum Gasteiger partial charge on any atom is -0.472 e. The van der Waals surface area contributed by atoms with Crippen molar-refractivity contribution in [3.05, 3.63) is 47.5 Å². The van der Waals surface area contributed by atoms with E-state index in [1.807, 2.05) is 0 Å². The normalized spacial score (nSPS) is 29.2. The molecule has 0 N–H and O–H groups in total. The van der Waals surface area contributed by atoms with Crippen molar-refractivity contribution in [2.24, 2.45) is 5.92 Å². The van der Waals surface area contributed by atoms with E-state index < -0.39 is 0 Å². The Morgan fingerprint density at radius 2 is 1.65 bits per heavy atom. The Balaban J connectivity index is 1.51. The van der Waals surface area contributed by atoms with E-state index >= 15 is 0 Å². The van der Waals surface area contributed by atoms with Gasteiger partial charge in [0.2, 0.25) is 6.79 Å². The predicted octanol–water partition coefficient (Wildman–Crippen LogP) is 4.99. The van der Waals surface area contributed by atoms with Gasteiger partial charge in [0.1, 0.15) is 5.75 Å². The molecular formula is C26H32N2O3. The number of nitrogens with zero attached hydrogens (tertiary/aromatic N) is 2. The minimum absolute atomic E-state index is 0.208. The molecule has 1 aliphatic carbocycles. The summed E-state index contributed by atoms with van der Waals surface area (Å²) >= 11 is 0. The SMILES string of the molecule is CN(C)c1ccc([C@H]2c3cc4c(cc3O[C@]3(N5CCCC5)CCCC[C@H]23)OCO4)cc1. The maximum absolute atomic E-state index is 7.03. The van der Waals surface area contributed by atoms with Crippen LogP contribution >= 0.6 is 0 Å².